The molecule has 2 aromatic rings. The van der Waals surface area contributed by atoms with Crippen LogP contribution in [-0.4, -0.2) is 27.6 Å². The highest BCUT2D eigenvalue weighted by molar-refractivity contribution is 6.04. The molecule has 1 aromatic heterocycles. The number of halogens is 1. The molecule has 1 aliphatic rings. The number of fused-ring (bicyclic) bond motifs is 1. The zero-order valence-electron chi connectivity index (χ0n) is 12.4. The summed E-state index contributed by atoms with van der Waals surface area (Å²) < 4.78 is 0. The summed E-state index contributed by atoms with van der Waals surface area (Å²) in [5, 5.41) is 23.7. The van der Waals surface area contributed by atoms with Crippen LogP contribution in [0.15, 0.2) is 18.2 Å². The molecular formula is C14H16ClN5O3. The van der Waals surface area contributed by atoms with Crippen LogP contribution < -0.4 is 10.6 Å². The third-order valence-corrected chi connectivity index (χ3v) is 3.70. The smallest absolute Gasteiger partial charge is 0.276 e. The number of aromatic amines is 1. The van der Waals surface area contributed by atoms with Crippen molar-refractivity contribution < 1.29 is 9.72 Å². The topological polar surface area (TPSA) is 113 Å². The fourth-order valence-corrected chi connectivity index (χ4v) is 2.45. The molecule has 0 radical (unpaired) electrons. The summed E-state index contributed by atoms with van der Waals surface area (Å²) in [6.07, 6.45) is 0.797. The number of nitro benzene ring substituents is 1. The van der Waals surface area contributed by atoms with Gasteiger partial charge in [0.25, 0.3) is 11.6 Å². The molecule has 3 N–H and O–H groups in total. The fraction of sp³-hybridized carbons (Fsp3) is 0.286. The second-order valence-corrected chi connectivity index (χ2v) is 5.17. The van der Waals surface area contributed by atoms with E-state index in [1.54, 1.807) is 13.0 Å². The van der Waals surface area contributed by atoms with Gasteiger partial charge in [0.15, 0.2) is 5.69 Å². The second-order valence-electron chi connectivity index (χ2n) is 5.17. The summed E-state index contributed by atoms with van der Waals surface area (Å²) in [7, 11) is 0. The van der Waals surface area contributed by atoms with E-state index in [1.807, 2.05) is 0 Å². The summed E-state index contributed by atoms with van der Waals surface area (Å²) in [4.78, 5) is 22.7. The Hall–Kier alpha value is -2.45. The molecule has 122 valence electrons. The largest absolute Gasteiger partial charge is 0.320 e. The van der Waals surface area contributed by atoms with Crippen LogP contribution in [0.1, 0.15) is 27.3 Å². The molecule has 0 bridgehead atoms. The Balaban J connectivity index is 0.00000192. The molecule has 9 heteroatoms. The first-order valence-corrected chi connectivity index (χ1v) is 6.89. The third kappa shape index (κ3) is 3.33. The van der Waals surface area contributed by atoms with Gasteiger partial charge in [0.2, 0.25) is 0 Å². The van der Waals surface area contributed by atoms with Crippen molar-refractivity contribution in [2.75, 3.05) is 11.9 Å². The van der Waals surface area contributed by atoms with Crippen LogP contribution in [0.4, 0.5) is 11.4 Å². The predicted molar refractivity (Wildman–Crippen MR) is 87.0 cm³/mol. The van der Waals surface area contributed by atoms with Crippen molar-refractivity contribution in [2.45, 2.75) is 19.9 Å². The van der Waals surface area contributed by atoms with Gasteiger partial charge in [-0.3, -0.25) is 20.0 Å². The van der Waals surface area contributed by atoms with E-state index >= 15 is 0 Å². The molecule has 0 fully saturated rings. The lowest BCUT2D eigenvalue weighted by Gasteiger charge is -2.13. The van der Waals surface area contributed by atoms with E-state index in [-0.39, 0.29) is 24.0 Å². The maximum atomic E-state index is 12.4. The van der Waals surface area contributed by atoms with Crippen molar-refractivity contribution >= 4 is 29.7 Å². The maximum Gasteiger partial charge on any atom is 0.276 e. The third-order valence-electron chi connectivity index (χ3n) is 3.70. The number of anilines is 1. The molecule has 0 unspecified atom stereocenters. The van der Waals surface area contributed by atoms with Crippen molar-refractivity contribution in [3.63, 3.8) is 0 Å². The second kappa shape index (κ2) is 6.76. The van der Waals surface area contributed by atoms with Crippen LogP contribution in [0.3, 0.4) is 0 Å². The van der Waals surface area contributed by atoms with Gasteiger partial charge in [-0.1, -0.05) is 6.07 Å². The molecule has 1 aromatic carbocycles. The summed E-state index contributed by atoms with van der Waals surface area (Å²) in [5.41, 5.74) is 3.24. The molecule has 8 nitrogen and oxygen atoms in total. The highest BCUT2D eigenvalue weighted by Gasteiger charge is 2.22. The first kappa shape index (κ1) is 16.9. The molecule has 0 aliphatic carbocycles. The molecule has 0 saturated carbocycles. The van der Waals surface area contributed by atoms with E-state index < -0.39 is 4.92 Å². The Bertz CT molecular complexity index is 759. The average Bonchev–Trinajstić information content (AvgIpc) is 2.93. The first-order chi connectivity index (χ1) is 10.6. The number of benzene rings is 1. The number of hydrogen-bond donors (Lipinski definition) is 3. The highest BCUT2D eigenvalue weighted by atomic mass is 35.5. The van der Waals surface area contributed by atoms with Crippen LogP contribution in [0.2, 0.25) is 0 Å². The molecule has 0 saturated heterocycles. The number of aromatic nitrogens is 2. The first-order valence-electron chi connectivity index (χ1n) is 6.89. The van der Waals surface area contributed by atoms with Gasteiger partial charge in [-0.25, -0.2) is 0 Å². The lowest BCUT2D eigenvalue weighted by molar-refractivity contribution is -0.384. The number of aryl methyl sites for hydroxylation is 1. The van der Waals surface area contributed by atoms with Gasteiger partial charge in [-0.15, -0.1) is 12.4 Å². The number of non-ortho nitro benzene ring substituents is 1. The zero-order chi connectivity index (χ0) is 15.7. The van der Waals surface area contributed by atoms with Gasteiger partial charge in [0, 0.05) is 42.9 Å². The minimum atomic E-state index is -0.491. The lowest BCUT2D eigenvalue weighted by Crippen LogP contribution is -2.25. The number of carbonyl (C=O) groups excluding carboxylic acids is 1. The van der Waals surface area contributed by atoms with E-state index in [1.165, 1.54) is 12.1 Å². The molecule has 0 atom stereocenters. The van der Waals surface area contributed by atoms with Crippen molar-refractivity contribution in [1.82, 2.24) is 15.5 Å². The van der Waals surface area contributed by atoms with Gasteiger partial charge in [-0.2, -0.15) is 5.10 Å². The monoisotopic (exact) mass is 337 g/mol. The lowest BCUT2D eigenvalue weighted by atomic mass is 10.1. The summed E-state index contributed by atoms with van der Waals surface area (Å²) in [6.45, 7) is 3.21. The van der Waals surface area contributed by atoms with Gasteiger partial charge in [-0.05, 0) is 12.5 Å². The summed E-state index contributed by atoms with van der Waals surface area (Å²) in [5.74, 6) is -0.371. The molecular weight excluding hydrogens is 322 g/mol. The molecule has 23 heavy (non-hydrogen) atoms. The summed E-state index contributed by atoms with van der Waals surface area (Å²) >= 11 is 0. The number of nitrogens with zero attached hydrogens (tertiary/aromatic N) is 2. The van der Waals surface area contributed by atoms with Gasteiger partial charge < -0.3 is 10.6 Å². The predicted octanol–water partition coefficient (Wildman–Crippen LogP) is 1.95. The van der Waals surface area contributed by atoms with Crippen molar-refractivity contribution in [3.05, 3.63) is 50.8 Å². The Morgan fingerprint density at radius 2 is 2.22 bits per heavy atom. The molecule has 2 heterocycles. The Labute approximate surface area is 138 Å². The average molecular weight is 338 g/mol. The number of rotatable bonds is 3. The number of amides is 1. The number of nitrogens with one attached hydrogen (secondary N) is 3. The van der Waals surface area contributed by atoms with Crippen LogP contribution in [0.25, 0.3) is 0 Å². The zero-order valence-corrected chi connectivity index (χ0v) is 13.2. The Morgan fingerprint density at radius 3 is 2.96 bits per heavy atom. The van der Waals surface area contributed by atoms with Gasteiger partial charge in [0.05, 0.1) is 10.6 Å². The quantitative estimate of drug-likeness (QED) is 0.585. The van der Waals surface area contributed by atoms with Crippen molar-refractivity contribution in [1.29, 1.82) is 0 Å². The maximum absolute atomic E-state index is 12.4. The highest BCUT2D eigenvalue weighted by Crippen LogP contribution is 2.23. The van der Waals surface area contributed by atoms with E-state index in [4.69, 9.17) is 0 Å². The van der Waals surface area contributed by atoms with Crippen molar-refractivity contribution in [2.24, 2.45) is 0 Å². The standard InChI is InChI=1S/C14H15N5O3.ClH/c1-8-2-3-9(19(21)22)6-12(8)16-14(20)13-10-7-15-5-4-11(10)17-18-13;/h2-3,6,15H,4-5,7H2,1H3,(H,16,20)(H,17,18);1H. The van der Waals surface area contributed by atoms with Crippen LogP contribution in [-0.2, 0) is 13.0 Å². The van der Waals surface area contributed by atoms with E-state index in [0.29, 0.717) is 17.9 Å². The molecule has 3 rings (SSSR count). The van der Waals surface area contributed by atoms with Crippen molar-refractivity contribution in [3.8, 4) is 0 Å². The SMILES string of the molecule is Cc1ccc([N+](=O)[O-])cc1NC(=O)c1n[nH]c2c1CNCC2.Cl. The van der Waals surface area contributed by atoms with Gasteiger partial charge >= 0.3 is 0 Å². The molecule has 1 amide bonds. The number of carbonyl (C=O) groups is 1. The Kier molecular flexibility index (Phi) is 4.97. The normalized spacial score (nSPS) is 12.9. The van der Waals surface area contributed by atoms with Crippen LogP contribution in [0.5, 0.6) is 0 Å². The molecule has 0 spiro atoms. The van der Waals surface area contributed by atoms with E-state index in [0.717, 1.165) is 29.8 Å². The van der Waals surface area contributed by atoms with Crippen LogP contribution >= 0.6 is 12.4 Å². The van der Waals surface area contributed by atoms with E-state index in [9.17, 15) is 14.9 Å². The van der Waals surface area contributed by atoms with Gasteiger partial charge in [0.1, 0.15) is 0 Å². The molecule has 1 aliphatic heterocycles. The number of hydrogen-bond acceptors (Lipinski definition) is 5. The Morgan fingerprint density at radius 1 is 1.43 bits per heavy atom. The summed E-state index contributed by atoms with van der Waals surface area (Å²) in [6, 6.07) is 4.37. The number of H-pyrrole nitrogens is 1. The number of nitro groups is 1. The minimum Gasteiger partial charge on any atom is -0.320 e. The fourth-order valence-electron chi connectivity index (χ4n) is 2.45. The van der Waals surface area contributed by atoms with Crippen LogP contribution in [0, 0.1) is 17.0 Å². The van der Waals surface area contributed by atoms with E-state index in [2.05, 4.69) is 20.8 Å². The minimum absolute atomic E-state index is 0.